The molecule has 2 aromatic carbocycles. The minimum absolute atomic E-state index is 0.0134. The molecule has 1 aliphatic heterocycles. The van der Waals surface area contributed by atoms with Gasteiger partial charge in [0, 0.05) is 32.5 Å². The fourth-order valence-electron chi connectivity index (χ4n) is 5.99. The maximum atomic E-state index is 16.0. The van der Waals surface area contributed by atoms with Crippen LogP contribution in [0.1, 0.15) is 64.2 Å². The highest BCUT2D eigenvalue weighted by molar-refractivity contribution is 6.00. The van der Waals surface area contributed by atoms with E-state index in [-0.39, 0.29) is 34.6 Å². The van der Waals surface area contributed by atoms with Crippen LogP contribution in [0.4, 0.5) is 4.39 Å². The smallest absolute Gasteiger partial charge is 0.339 e. The quantitative estimate of drug-likeness (QED) is 0.326. The van der Waals surface area contributed by atoms with Crippen molar-refractivity contribution in [2.24, 2.45) is 7.05 Å². The molecule has 0 saturated carbocycles. The lowest BCUT2D eigenvalue weighted by Crippen LogP contribution is -2.46. The van der Waals surface area contributed by atoms with Gasteiger partial charge in [0.15, 0.2) is 0 Å². The summed E-state index contributed by atoms with van der Waals surface area (Å²) in [5.41, 5.74) is 4.43. The predicted molar refractivity (Wildman–Crippen MR) is 153 cm³/mol. The summed E-state index contributed by atoms with van der Waals surface area (Å²) in [6.07, 6.45) is 5.82. The largest absolute Gasteiger partial charge is 0.478 e. The zero-order valence-electron chi connectivity index (χ0n) is 23.6. The van der Waals surface area contributed by atoms with E-state index < -0.39 is 11.8 Å². The number of piperidine rings is 1. The van der Waals surface area contributed by atoms with Gasteiger partial charge < -0.3 is 14.7 Å². The molecule has 0 bridgehead atoms. The van der Waals surface area contributed by atoms with Gasteiger partial charge in [0.1, 0.15) is 11.4 Å². The fourth-order valence-corrected chi connectivity index (χ4v) is 5.99. The third kappa shape index (κ3) is 4.79. The van der Waals surface area contributed by atoms with Crippen molar-refractivity contribution < 1.29 is 23.8 Å². The van der Waals surface area contributed by atoms with Gasteiger partial charge in [-0.3, -0.25) is 9.48 Å². The molecule has 10 nitrogen and oxygen atoms in total. The number of aromatic carboxylic acids is 1. The van der Waals surface area contributed by atoms with Crippen LogP contribution >= 0.6 is 0 Å². The summed E-state index contributed by atoms with van der Waals surface area (Å²) in [7, 11) is 3.38. The van der Waals surface area contributed by atoms with Crippen LogP contribution in [0.15, 0.2) is 60.4 Å². The number of allylic oxidation sites excluding steroid dienone is 2. The number of carbonyl (C=O) groups is 2. The third-order valence-corrected chi connectivity index (χ3v) is 8.11. The minimum Gasteiger partial charge on any atom is -0.478 e. The molecule has 0 radical (unpaired) electrons. The Hall–Kier alpha value is -4.64. The second-order valence-electron chi connectivity index (χ2n) is 10.8. The first-order valence-corrected chi connectivity index (χ1v) is 13.9. The SMILES string of the molecule is COCC1CCCCN1C(=O)c1cccc(-c2cccc(-n3ncc(C(=O)O)c3C3=C(C)[C@H]3c3cn(C)nn3)c2)c1F. The summed E-state index contributed by atoms with van der Waals surface area (Å²) in [5.74, 6) is -2.21. The molecule has 1 unspecified atom stereocenters. The Balaban J connectivity index is 1.36. The van der Waals surface area contributed by atoms with Gasteiger partial charge in [-0.1, -0.05) is 35.1 Å². The highest BCUT2D eigenvalue weighted by Crippen LogP contribution is 2.54. The maximum absolute atomic E-state index is 16.0. The fraction of sp³-hybridized carbons (Fsp3) is 0.323. The van der Waals surface area contributed by atoms with Crippen LogP contribution in [-0.4, -0.2) is 73.0 Å². The number of amides is 1. The molecule has 1 saturated heterocycles. The maximum Gasteiger partial charge on any atom is 0.339 e. The van der Waals surface area contributed by atoms with E-state index in [4.69, 9.17) is 4.74 Å². The normalized spacial score (nSPS) is 18.4. The number of aromatic nitrogens is 5. The van der Waals surface area contributed by atoms with Gasteiger partial charge in [0.25, 0.3) is 5.91 Å². The Labute approximate surface area is 242 Å². The van der Waals surface area contributed by atoms with E-state index in [1.54, 1.807) is 71.0 Å². The van der Waals surface area contributed by atoms with Crippen LogP contribution in [0, 0.1) is 5.82 Å². The zero-order chi connectivity index (χ0) is 29.5. The van der Waals surface area contributed by atoms with Crippen molar-refractivity contribution in [2.45, 2.75) is 38.1 Å². The Kier molecular flexibility index (Phi) is 7.19. The standard InChI is InChI=1S/C31H31FN6O4/c1-18-26(25-16-36(2)35-34-25)27(18)29-24(31(40)41)15-33-38(29)20-10-6-8-19(14-20)22-11-7-12-23(28(22)32)30(39)37-13-5-4-9-21(37)17-42-3/h6-8,10-12,14-16,21,26H,4-5,9,13,17H2,1-3H3,(H,40,41)/t21?,26-/m0/s1. The Bertz CT molecular complexity index is 1720. The van der Waals surface area contributed by atoms with E-state index in [0.717, 1.165) is 36.1 Å². The Morgan fingerprint density at radius 1 is 1.14 bits per heavy atom. The minimum atomic E-state index is -1.10. The molecular weight excluding hydrogens is 539 g/mol. The van der Waals surface area contributed by atoms with Crippen LogP contribution in [0.2, 0.25) is 0 Å². The topological polar surface area (TPSA) is 115 Å². The summed E-state index contributed by atoms with van der Waals surface area (Å²) in [6.45, 7) is 2.91. The van der Waals surface area contributed by atoms with Crippen molar-refractivity contribution in [3.63, 3.8) is 0 Å². The van der Waals surface area contributed by atoms with E-state index in [0.29, 0.717) is 30.1 Å². The van der Waals surface area contributed by atoms with Crippen LogP contribution in [0.5, 0.6) is 0 Å². The number of methoxy groups -OCH3 is 1. The second kappa shape index (κ2) is 11.0. The lowest BCUT2D eigenvalue weighted by Gasteiger charge is -2.35. The van der Waals surface area contributed by atoms with Gasteiger partial charge >= 0.3 is 5.97 Å². The summed E-state index contributed by atoms with van der Waals surface area (Å²) in [5, 5.41) is 22.6. The molecule has 216 valence electrons. The number of ether oxygens (including phenoxy) is 1. The predicted octanol–water partition coefficient (Wildman–Crippen LogP) is 4.72. The number of rotatable bonds is 8. The number of carboxylic acid groups (broad SMARTS) is 1. The van der Waals surface area contributed by atoms with E-state index in [2.05, 4.69) is 15.4 Å². The summed E-state index contributed by atoms with van der Waals surface area (Å²) < 4.78 is 24.5. The van der Waals surface area contributed by atoms with E-state index >= 15 is 4.39 Å². The number of halogens is 1. The summed E-state index contributed by atoms with van der Waals surface area (Å²) >= 11 is 0. The van der Waals surface area contributed by atoms with Crippen molar-refractivity contribution >= 4 is 17.4 Å². The number of likely N-dealkylation sites (tertiary alicyclic amines) is 1. The third-order valence-electron chi connectivity index (χ3n) is 8.11. The molecule has 1 amide bonds. The van der Waals surface area contributed by atoms with Gasteiger partial charge in [0.05, 0.1) is 47.4 Å². The van der Waals surface area contributed by atoms with Crippen LogP contribution in [-0.2, 0) is 11.8 Å². The van der Waals surface area contributed by atoms with E-state index in [1.165, 1.54) is 12.3 Å². The molecule has 3 heterocycles. The van der Waals surface area contributed by atoms with Gasteiger partial charge in [-0.25, -0.2) is 13.9 Å². The highest BCUT2D eigenvalue weighted by atomic mass is 19.1. The van der Waals surface area contributed by atoms with E-state index in [1.807, 2.05) is 6.92 Å². The number of hydrogen-bond donors (Lipinski definition) is 1. The number of benzene rings is 2. The molecular formula is C31H31FN6O4. The highest BCUT2D eigenvalue weighted by Gasteiger charge is 2.42. The van der Waals surface area contributed by atoms with Gasteiger partial charge in [-0.05, 0) is 55.5 Å². The first kappa shape index (κ1) is 27.5. The van der Waals surface area contributed by atoms with Crippen molar-refractivity contribution in [3.05, 3.63) is 88.8 Å². The zero-order valence-corrected chi connectivity index (χ0v) is 23.6. The number of carbonyl (C=O) groups excluding carboxylic acids is 1. The average molecular weight is 571 g/mol. The number of aryl methyl sites for hydroxylation is 1. The lowest BCUT2D eigenvalue weighted by atomic mass is 9.98. The molecule has 2 atom stereocenters. The molecule has 6 rings (SSSR count). The first-order chi connectivity index (χ1) is 20.3. The molecule has 42 heavy (non-hydrogen) atoms. The van der Waals surface area contributed by atoms with Gasteiger partial charge in [-0.15, -0.1) is 5.10 Å². The molecule has 4 aromatic rings. The Morgan fingerprint density at radius 2 is 1.95 bits per heavy atom. The van der Waals surface area contributed by atoms with Crippen molar-refractivity contribution in [3.8, 4) is 16.8 Å². The molecule has 1 fully saturated rings. The van der Waals surface area contributed by atoms with Crippen LogP contribution < -0.4 is 0 Å². The monoisotopic (exact) mass is 570 g/mol. The van der Waals surface area contributed by atoms with E-state index in [9.17, 15) is 14.7 Å². The Morgan fingerprint density at radius 3 is 2.69 bits per heavy atom. The van der Waals surface area contributed by atoms with Gasteiger partial charge in [0.2, 0.25) is 0 Å². The molecule has 1 N–H and O–H groups in total. The van der Waals surface area contributed by atoms with Crippen molar-refractivity contribution in [2.75, 3.05) is 20.3 Å². The first-order valence-electron chi connectivity index (χ1n) is 13.9. The molecule has 2 aromatic heterocycles. The summed E-state index contributed by atoms with van der Waals surface area (Å²) in [6, 6.07) is 11.8. The summed E-state index contributed by atoms with van der Waals surface area (Å²) in [4.78, 5) is 27.4. The average Bonchev–Trinajstić information content (AvgIpc) is 3.28. The molecule has 0 spiro atoms. The van der Waals surface area contributed by atoms with Gasteiger partial charge in [-0.2, -0.15) is 5.10 Å². The molecule has 2 aliphatic rings. The second-order valence-corrected chi connectivity index (χ2v) is 10.8. The molecule has 1 aliphatic carbocycles. The number of carboxylic acids is 1. The number of hydrogen-bond acceptors (Lipinski definition) is 6. The van der Waals surface area contributed by atoms with Crippen LogP contribution in [0.3, 0.4) is 0 Å². The van der Waals surface area contributed by atoms with Crippen LogP contribution in [0.25, 0.3) is 22.4 Å². The van der Waals surface area contributed by atoms with Crippen molar-refractivity contribution in [1.82, 2.24) is 29.7 Å². The number of nitrogens with zero attached hydrogens (tertiary/aromatic N) is 6. The van der Waals surface area contributed by atoms with Crippen molar-refractivity contribution in [1.29, 1.82) is 0 Å². The lowest BCUT2D eigenvalue weighted by molar-refractivity contribution is 0.0424. The molecule has 11 heteroatoms.